The second kappa shape index (κ2) is 8.45. The summed E-state index contributed by atoms with van der Waals surface area (Å²) in [5.41, 5.74) is 3.02. The number of carbonyl (C=O) groups excluding carboxylic acids is 3. The van der Waals surface area contributed by atoms with Gasteiger partial charge < -0.3 is 10.6 Å². The number of nitrogens with zero attached hydrogens (tertiary/aromatic N) is 1. The largest absolute Gasteiger partial charge is 0.329 e. The van der Waals surface area contributed by atoms with Gasteiger partial charge >= 0.3 is 6.03 Å². The molecule has 30 heavy (non-hydrogen) atoms. The molecule has 148 valence electrons. The van der Waals surface area contributed by atoms with Crippen molar-refractivity contribution in [1.82, 2.24) is 10.2 Å². The normalized spacial score (nSPS) is 14.7. The fourth-order valence-electron chi connectivity index (χ4n) is 3.10. The van der Waals surface area contributed by atoms with Crippen LogP contribution in [0.1, 0.15) is 21.5 Å². The number of benzene rings is 3. The monoisotopic (exact) mass is 397 g/mol. The number of hydrogen-bond donors (Lipinski definition) is 2. The molecule has 4 amide bonds. The summed E-state index contributed by atoms with van der Waals surface area (Å²) in [7, 11) is 0. The van der Waals surface area contributed by atoms with E-state index >= 15 is 0 Å². The molecule has 1 heterocycles. The van der Waals surface area contributed by atoms with Crippen LogP contribution in [0.25, 0.3) is 6.08 Å². The summed E-state index contributed by atoms with van der Waals surface area (Å²) in [6.45, 7) is 0.122. The van der Waals surface area contributed by atoms with E-state index in [1.807, 2.05) is 60.7 Å². The first-order valence-corrected chi connectivity index (χ1v) is 9.45. The van der Waals surface area contributed by atoms with E-state index in [1.54, 1.807) is 30.3 Å². The van der Waals surface area contributed by atoms with Gasteiger partial charge in [-0.1, -0.05) is 60.7 Å². The first kappa shape index (κ1) is 19.1. The summed E-state index contributed by atoms with van der Waals surface area (Å²) < 4.78 is 0. The van der Waals surface area contributed by atoms with Crippen molar-refractivity contribution in [2.75, 3.05) is 5.32 Å². The van der Waals surface area contributed by atoms with Gasteiger partial charge in [0.2, 0.25) is 0 Å². The lowest BCUT2D eigenvalue weighted by Crippen LogP contribution is -2.30. The highest BCUT2D eigenvalue weighted by Gasteiger charge is 2.33. The maximum Gasteiger partial charge on any atom is 0.329 e. The van der Waals surface area contributed by atoms with Crippen molar-refractivity contribution in [1.29, 1.82) is 0 Å². The van der Waals surface area contributed by atoms with Crippen molar-refractivity contribution in [2.45, 2.75) is 6.54 Å². The molecule has 2 N–H and O–H groups in total. The molecule has 1 saturated heterocycles. The molecule has 0 aliphatic carbocycles. The van der Waals surface area contributed by atoms with Crippen molar-refractivity contribution in [3.8, 4) is 0 Å². The summed E-state index contributed by atoms with van der Waals surface area (Å²) in [5, 5.41) is 5.43. The topological polar surface area (TPSA) is 78.5 Å². The van der Waals surface area contributed by atoms with Crippen molar-refractivity contribution >= 4 is 29.6 Å². The third-order valence-electron chi connectivity index (χ3n) is 4.66. The highest BCUT2D eigenvalue weighted by atomic mass is 16.2. The van der Waals surface area contributed by atoms with E-state index in [4.69, 9.17) is 0 Å². The van der Waals surface area contributed by atoms with E-state index in [1.165, 1.54) is 0 Å². The predicted molar refractivity (Wildman–Crippen MR) is 114 cm³/mol. The molecule has 0 spiro atoms. The average Bonchev–Trinajstić information content (AvgIpc) is 3.03. The van der Waals surface area contributed by atoms with E-state index in [9.17, 15) is 14.4 Å². The molecule has 0 atom stereocenters. The Balaban J connectivity index is 1.43. The van der Waals surface area contributed by atoms with Crippen LogP contribution < -0.4 is 10.6 Å². The lowest BCUT2D eigenvalue weighted by molar-refractivity contribution is -0.123. The van der Waals surface area contributed by atoms with E-state index < -0.39 is 6.03 Å². The molecule has 3 aromatic rings. The molecule has 6 nitrogen and oxygen atoms in total. The summed E-state index contributed by atoms with van der Waals surface area (Å²) in [6.07, 6.45) is 1.65. The molecule has 0 bridgehead atoms. The number of imide groups is 1. The van der Waals surface area contributed by atoms with Crippen LogP contribution in [0, 0.1) is 0 Å². The quantitative estimate of drug-likeness (QED) is 0.504. The Morgan fingerprint density at radius 3 is 2.17 bits per heavy atom. The third kappa shape index (κ3) is 4.28. The van der Waals surface area contributed by atoms with Crippen LogP contribution in [0.15, 0.2) is 90.6 Å². The Morgan fingerprint density at radius 2 is 1.50 bits per heavy atom. The Bertz CT molecular complexity index is 1110. The summed E-state index contributed by atoms with van der Waals surface area (Å²) >= 11 is 0. The molecule has 0 unspecified atom stereocenters. The molecule has 0 aromatic heterocycles. The van der Waals surface area contributed by atoms with Crippen molar-refractivity contribution in [2.24, 2.45) is 0 Å². The number of carbonyl (C=O) groups is 3. The Kier molecular flexibility index (Phi) is 5.39. The molecule has 1 fully saturated rings. The van der Waals surface area contributed by atoms with E-state index in [0.717, 1.165) is 16.0 Å². The number of anilines is 1. The lowest BCUT2D eigenvalue weighted by atomic mass is 10.1. The van der Waals surface area contributed by atoms with Crippen LogP contribution in [-0.2, 0) is 11.3 Å². The standard InChI is InChI=1S/C24H19N3O3/c28-22(25-20-9-5-2-6-10-20)19-13-11-18(12-14-19)16-27-23(29)21(26-24(27)30)15-17-7-3-1-4-8-17/h1-15H,16H2,(H,25,28)(H,26,30)/b21-15-. The SMILES string of the molecule is O=C(Nc1ccccc1)c1ccc(CN2C(=O)N/C(=C\c3ccccc3)C2=O)cc1. The molecule has 1 aliphatic heterocycles. The molecule has 4 rings (SSSR count). The van der Waals surface area contributed by atoms with Gasteiger partial charge in [-0.25, -0.2) is 4.79 Å². The fourth-order valence-corrected chi connectivity index (χ4v) is 3.10. The van der Waals surface area contributed by atoms with Crippen molar-refractivity contribution < 1.29 is 14.4 Å². The van der Waals surface area contributed by atoms with Gasteiger partial charge in [0, 0.05) is 11.3 Å². The third-order valence-corrected chi connectivity index (χ3v) is 4.66. The van der Waals surface area contributed by atoms with Crippen LogP contribution in [0.2, 0.25) is 0 Å². The lowest BCUT2D eigenvalue weighted by Gasteiger charge is -2.12. The molecule has 0 saturated carbocycles. The zero-order valence-corrected chi connectivity index (χ0v) is 16.0. The fraction of sp³-hybridized carbons (Fsp3) is 0.0417. The highest BCUT2D eigenvalue weighted by Crippen LogP contribution is 2.18. The number of urea groups is 1. The second-order valence-electron chi connectivity index (χ2n) is 6.81. The van der Waals surface area contributed by atoms with Gasteiger partial charge in [-0.2, -0.15) is 0 Å². The van der Waals surface area contributed by atoms with Gasteiger partial charge in [-0.15, -0.1) is 0 Å². The number of rotatable bonds is 5. The number of hydrogen-bond acceptors (Lipinski definition) is 3. The number of para-hydroxylation sites is 1. The molecule has 6 heteroatoms. The summed E-state index contributed by atoms with van der Waals surface area (Å²) in [6, 6.07) is 24.9. The molecule has 0 radical (unpaired) electrons. The minimum absolute atomic E-state index is 0.122. The zero-order valence-electron chi connectivity index (χ0n) is 16.0. The average molecular weight is 397 g/mol. The van der Waals surface area contributed by atoms with Crippen LogP contribution in [0.4, 0.5) is 10.5 Å². The second-order valence-corrected chi connectivity index (χ2v) is 6.81. The smallest absolute Gasteiger partial charge is 0.322 e. The molecule has 1 aliphatic rings. The molecular formula is C24H19N3O3. The number of nitrogens with one attached hydrogen (secondary N) is 2. The first-order valence-electron chi connectivity index (χ1n) is 9.45. The summed E-state index contributed by atoms with van der Waals surface area (Å²) in [5.74, 6) is -0.606. The molecular weight excluding hydrogens is 378 g/mol. The predicted octanol–water partition coefficient (Wildman–Crippen LogP) is 4.03. The maximum atomic E-state index is 12.6. The Labute approximate surface area is 173 Å². The molecule has 3 aromatic carbocycles. The van der Waals surface area contributed by atoms with Crippen molar-refractivity contribution in [3.63, 3.8) is 0 Å². The van der Waals surface area contributed by atoms with Gasteiger partial charge in [0.25, 0.3) is 11.8 Å². The van der Waals surface area contributed by atoms with Gasteiger partial charge in [-0.05, 0) is 41.5 Å². The first-order chi connectivity index (χ1) is 14.6. The minimum atomic E-state index is -0.465. The van der Waals surface area contributed by atoms with Gasteiger partial charge in [0.1, 0.15) is 5.70 Å². The van der Waals surface area contributed by atoms with Gasteiger partial charge in [-0.3, -0.25) is 14.5 Å². The van der Waals surface area contributed by atoms with Crippen LogP contribution in [-0.4, -0.2) is 22.7 Å². The Morgan fingerprint density at radius 1 is 0.867 bits per heavy atom. The van der Waals surface area contributed by atoms with Gasteiger partial charge in [0.15, 0.2) is 0 Å². The van der Waals surface area contributed by atoms with Crippen LogP contribution in [0.5, 0.6) is 0 Å². The van der Waals surface area contributed by atoms with E-state index in [-0.39, 0.29) is 24.1 Å². The summed E-state index contributed by atoms with van der Waals surface area (Å²) in [4.78, 5) is 38.4. The number of amides is 4. The van der Waals surface area contributed by atoms with Crippen LogP contribution >= 0.6 is 0 Å². The Hall–Kier alpha value is -4.19. The zero-order chi connectivity index (χ0) is 20.9. The van der Waals surface area contributed by atoms with Crippen LogP contribution in [0.3, 0.4) is 0 Å². The van der Waals surface area contributed by atoms with E-state index in [2.05, 4.69) is 10.6 Å². The maximum absolute atomic E-state index is 12.6. The minimum Gasteiger partial charge on any atom is -0.322 e. The highest BCUT2D eigenvalue weighted by molar-refractivity contribution is 6.13. The van der Waals surface area contributed by atoms with E-state index in [0.29, 0.717) is 11.3 Å². The van der Waals surface area contributed by atoms with Crippen molar-refractivity contribution in [3.05, 3.63) is 107 Å². The van der Waals surface area contributed by atoms with Gasteiger partial charge in [0.05, 0.1) is 6.54 Å².